The summed E-state index contributed by atoms with van der Waals surface area (Å²) in [7, 11) is 0. The number of rotatable bonds is 1. The van der Waals surface area contributed by atoms with Gasteiger partial charge in [-0.25, -0.2) is 8.78 Å². The van der Waals surface area contributed by atoms with Gasteiger partial charge in [0.2, 0.25) is 0 Å². The van der Waals surface area contributed by atoms with E-state index in [0.29, 0.717) is 13.1 Å². The van der Waals surface area contributed by atoms with E-state index in [1.165, 1.54) is 4.90 Å². The van der Waals surface area contributed by atoms with Crippen molar-refractivity contribution in [2.45, 2.75) is 19.3 Å². The molecule has 4 nitrogen and oxygen atoms in total. The molecule has 1 aliphatic rings. The number of hydrogen-bond donors (Lipinski definition) is 1. The standard InChI is InChI=1S/C13H14F2N2O2/c14-9-4-5-10(15)11(8-9)16-12(18)13(19)17-6-2-1-3-7-17/h4-5,8H,1-3,6-7H2,(H,16,18). The van der Waals surface area contributed by atoms with Crippen molar-refractivity contribution in [2.24, 2.45) is 0 Å². The third-order valence-corrected chi connectivity index (χ3v) is 3.01. The summed E-state index contributed by atoms with van der Waals surface area (Å²) in [4.78, 5) is 24.9. The smallest absolute Gasteiger partial charge is 0.313 e. The summed E-state index contributed by atoms with van der Waals surface area (Å²) >= 11 is 0. The number of carbonyl (C=O) groups excluding carboxylic acids is 2. The van der Waals surface area contributed by atoms with Crippen LogP contribution in [0.2, 0.25) is 0 Å². The van der Waals surface area contributed by atoms with E-state index in [1.54, 1.807) is 0 Å². The zero-order valence-corrected chi connectivity index (χ0v) is 10.3. The van der Waals surface area contributed by atoms with Gasteiger partial charge in [0, 0.05) is 19.2 Å². The molecule has 102 valence electrons. The van der Waals surface area contributed by atoms with E-state index in [9.17, 15) is 18.4 Å². The first-order chi connectivity index (χ1) is 9.08. The van der Waals surface area contributed by atoms with Gasteiger partial charge in [-0.3, -0.25) is 9.59 Å². The highest BCUT2D eigenvalue weighted by Gasteiger charge is 2.24. The number of likely N-dealkylation sites (tertiary alicyclic amines) is 1. The maximum absolute atomic E-state index is 13.3. The van der Waals surface area contributed by atoms with Crippen LogP contribution in [0.15, 0.2) is 18.2 Å². The van der Waals surface area contributed by atoms with Crippen LogP contribution >= 0.6 is 0 Å². The number of nitrogens with zero attached hydrogens (tertiary/aromatic N) is 1. The van der Waals surface area contributed by atoms with E-state index in [-0.39, 0.29) is 5.69 Å². The molecule has 1 aromatic carbocycles. The van der Waals surface area contributed by atoms with E-state index in [4.69, 9.17) is 0 Å². The lowest BCUT2D eigenvalue weighted by Gasteiger charge is -2.25. The van der Waals surface area contributed by atoms with Crippen molar-refractivity contribution in [3.63, 3.8) is 0 Å². The Kier molecular flexibility index (Phi) is 4.09. The predicted octanol–water partition coefficient (Wildman–Crippen LogP) is 1.92. The number of hydrogen-bond acceptors (Lipinski definition) is 2. The summed E-state index contributed by atoms with van der Waals surface area (Å²) in [5, 5.41) is 2.10. The Hall–Kier alpha value is -1.98. The number of carbonyl (C=O) groups is 2. The molecule has 2 rings (SSSR count). The van der Waals surface area contributed by atoms with Crippen LogP contribution in [0.4, 0.5) is 14.5 Å². The van der Waals surface area contributed by atoms with Gasteiger partial charge >= 0.3 is 11.8 Å². The Labute approximate surface area is 109 Å². The second kappa shape index (κ2) is 5.77. The van der Waals surface area contributed by atoms with Crippen molar-refractivity contribution >= 4 is 17.5 Å². The van der Waals surface area contributed by atoms with Crippen molar-refractivity contribution in [3.8, 4) is 0 Å². The molecule has 1 aromatic rings. The van der Waals surface area contributed by atoms with Crippen LogP contribution < -0.4 is 5.32 Å². The van der Waals surface area contributed by atoms with Gasteiger partial charge < -0.3 is 10.2 Å². The molecule has 2 amide bonds. The molecule has 0 radical (unpaired) electrons. The van der Waals surface area contributed by atoms with Crippen LogP contribution in [0.25, 0.3) is 0 Å². The van der Waals surface area contributed by atoms with Crippen LogP contribution in [-0.2, 0) is 9.59 Å². The molecule has 0 saturated carbocycles. The summed E-state index contributed by atoms with van der Waals surface area (Å²) in [6.45, 7) is 1.05. The Balaban J connectivity index is 2.03. The van der Waals surface area contributed by atoms with E-state index in [1.807, 2.05) is 0 Å². The topological polar surface area (TPSA) is 49.4 Å². The van der Waals surface area contributed by atoms with Gasteiger partial charge in [-0.1, -0.05) is 0 Å². The van der Waals surface area contributed by atoms with Crippen molar-refractivity contribution in [2.75, 3.05) is 18.4 Å². The molecule has 0 aliphatic carbocycles. The summed E-state index contributed by atoms with van der Waals surface area (Å²) in [6.07, 6.45) is 2.74. The molecule has 1 heterocycles. The molecule has 0 spiro atoms. The first kappa shape index (κ1) is 13.5. The van der Waals surface area contributed by atoms with Crippen LogP contribution in [0.3, 0.4) is 0 Å². The summed E-state index contributed by atoms with van der Waals surface area (Å²) < 4.78 is 26.3. The highest BCUT2D eigenvalue weighted by Crippen LogP contribution is 2.16. The van der Waals surface area contributed by atoms with Crippen molar-refractivity contribution in [1.82, 2.24) is 4.90 Å². The van der Waals surface area contributed by atoms with Crippen molar-refractivity contribution < 1.29 is 18.4 Å². The van der Waals surface area contributed by atoms with Crippen molar-refractivity contribution in [3.05, 3.63) is 29.8 Å². The molecular weight excluding hydrogens is 254 g/mol. The highest BCUT2D eigenvalue weighted by molar-refractivity contribution is 6.39. The van der Waals surface area contributed by atoms with Crippen molar-refractivity contribution in [1.29, 1.82) is 0 Å². The average molecular weight is 268 g/mol. The van der Waals surface area contributed by atoms with E-state index in [2.05, 4.69) is 5.32 Å². The minimum absolute atomic E-state index is 0.324. The maximum atomic E-state index is 13.3. The van der Waals surface area contributed by atoms with Gasteiger partial charge in [0.1, 0.15) is 11.6 Å². The summed E-state index contributed by atoms with van der Waals surface area (Å²) in [5.41, 5.74) is -0.324. The SMILES string of the molecule is O=C(Nc1cc(F)ccc1F)C(=O)N1CCCCC1. The molecule has 0 atom stereocenters. The lowest BCUT2D eigenvalue weighted by Crippen LogP contribution is -2.42. The number of piperidine rings is 1. The summed E-state index contributed by atoms with van der Waals surface area (Å²) in [6, 6.07) is 2.69. The fourth-order valence-electron chi connectivity index (χ4n) is 2.01. The van der Waals surface area contributed by atoms with Gasteiger partial charge in [0.25, 0.3) is 0 Å². The Morgan fingerprint density at radius 2 is 1.79 bits per heavy atom. The van der Waals surface area contributed by atoms with Gasteiger partial charge in [0.15, 0.2) is 0 Å². The number of amides is 2. The first-order valence-electron chi connectivity index (χ1n) is 6.13. The van der Waals surface area contributed by atoms with E-state index < -0.39 is 23.4 Å². The molecule has 6 heteroatoms. The lowest BCUT2D eigenvalue weighted by molar-refractivity contribution is -0.143. The number of anilines is 1. The average Bonchev–Trinajstić information content (AvgIpc) is 2.43. The minimum Gasteiger partial charge on any atom is -0.334 e. The molecule has 19 heavy (non-hydrogen) atoms. The van der Waals surface area contributed by atoms with Crippen LogP contribution in [0.5, 0.6) is 0 Å². The van der Waals surface area contributed by atoms with Gasteiger partial charge in [-0.15, -0.1) is 0 Å². The van der Waals surface area contributed by atoms with Gasteiger partial charge in [-0.05, 0) is 31.4 Å². The third kappa shape index (κ3) is 3.27. The number of benzene rings is 1. The van der Waals surface area contributed by atoms with E-state index in [0.717, 1.165) is 37.5 Å². The fraction of sp³-hybridized carbons (Fsp3) is 0.385. The second-order valence-corrected chi connectivity index (χ2v) is 4.43. The van der Waals surface area contributed by atoms with Crippen LogP contribution in [-0.4, -0.2) is 29.8 Å². The summed E-state index contributed by atoms with van der Waals surface area (Å²) in [5.74, 6) is -3.10. The minimum atomic E-state index is -0.939. The molecule has 1 fully saturated rings. The third-order valence-electron chi connectivity index (χ3n) is 3.01. The zero-order chi connectivity index (χ0) is 13.8. The Bertz CT molecular complexity index is 499. The largest absolute Gasteiger partial charge is 0.334 e. The Morgan fingerprint density at radius 1 is 1.11 bits per heavy atom. The molecule has 1 N–H and O–H groups in total. The molecular formula is C13H14F2N2O2. The molecule has 1 aliphatic heterocycles. The monoisotopic (exact) mass is 268 g/mol. The first-order valence-corrected chi connectivity index (χ1v) is 6.13. The molecule has 0 unspecified atom stereocenters. The normalized spacial score (nSPS) is 15.2. The maximum Gasteiger partial charge on any atom is 0.313 e. The zero-order valence-electron chi connectivity index (χ0n) is 10.3. The van der Waals surface area contributed by atoms with Crippen LogP contribution in [0, 0.1) is 11.6 Å². The number of halogens is 2. The van der Waals surface area contributed by atoms with Gasteiger partial charge in [0.05, 0.1) is 5.69 Å². The molecule has 1 saturated heterocycles. The van der Waals surface area contributed by atoms with Gasteiger partial charge in [-0.2, -0.15) is 0 Å². The lowest BCUT2D eigenvalue weighted by atomic mass is 10.1. The molecule has 0 bridgehead atoms. The number of nitrogens with one attached hydrogen (secondary N) is 1. The quantitative estimate of drug-likeness (QED) is 0.791. The second-order valence-electron chi connectivity index (χ2n) is 4.43. The Morgan fingerprint density at radius 3 is 2.47 bits per heavy atom. The van der Waals surface area contributed by atoms with E-state index >= 15 is 0 Å². The fourth-order valence-corrected chi connectivity index (χ4v) is 2.01. The molecule has 0 aromatic heterocycles. The predicted molar refractivity (Wildman–Crippen MR) is 65.4 cm³/mol. The highest BCUT2D eigenvalue weighted by atomic mass is 19.1. The van der Waals surface area contributed by atoms with Crippen LogP contribution in [0.1, 0.15) is 19.3 Å².